The van der Waals surface area contributed by atoms with Crippen molar-refractivity contribution >= 4 is 17.8 Å². The molecule has 3 rings (SSSR count). The Bertz CT molecular complexity index is 706. The molecular weight excluding hydrogens is 336 g/mol. The zero-order valence-corrected chi connectivity index (χ0v) is 15.3. The number of methoxy groups -OCH3 is 1. The minimum absolute atomic E-state index is 0.00733. The maximum atomic E-state index is 12.6. The molecule has 0 spiro atoms. The van der Waals surface area contributed by atoms with Crippen LogP contribution in [-0.2, 0) is 16.1 Å². The highest BCUT2D eigenvalue weighted by molar-refractivity contribution is 5.91. The number of carbonyl (C=O) groups excluding carboxylic acids is 3. The Morgan fingerprint density at radius 2 is 1.92 bits per heavy atom. The number of piperazine rings is 1. The normalized spacial score (nSPS) is 22.5. The van der Waals surface area contributed by atoms with Crippen LogP contribution in [0, 0.1) is 0 Å². The van der Waals surface area contributed by atoms with Gasteiger partial charge in [0, 0.05) is 26.7 Å². The van der Waals surface area contributed by atoms with Crippen molar-refractivity contribution in [2.24, 2.45) is 0 Å². The van der Waals surface area contributed by atoms with Gasteiger partial charge in [-0.05, 0) is 24.6 Å². The first-order valence-electron chi connectivity index (χ1n) is 8.62. The second-order valence-corrected chi connectivity index (χ2v) is 6.74. The predicted octanol–water partition coefficient (Wildman–Crippen LogP) is 0.278. The number of ether oxygens (including phenoxy) is 1. The number of hydrogen-bond acceptors (Lipinski definition) is 4. The van der Waals surface area contributed by atoms with E-state index in [0.29, 0.717) is 19.6 Å². The van der Waals surface area contributed by atoms with E-state index in [4.69, 9.17) is 4.74 Å². The number of amides is 4. The van der Waals surface area contributed by atoms with E-state index in [1.54, 1.807) is 30.9 Å². The summed E-state index contributed by atoms with van der Waals surface area (Å²) in [6, 6.07) is 6.63. The Labute approximate surface area is 152 Å². The number of carbonyl (C=O) groups is 3. The summed E-state index contributed by atoms with van der Waals surface area (Å²) in [5.74, 6) is 0.467. The van der Waals surface area contributed by atoms with Crippen LogP contribution in [0.3, 0.4) is 0 Å². The average molecular weight is 360 g/mol. The van der Waals surface area contributed by atoms with Gasteiger partial charge in [0.2, 0.25) is 11.8 Å². The van der Waals surface area contributed by atoms with E-state index >= 15 is 0 Å². The summed E-state index contributed by atoms with van der Waals surface area (Å²) in [4.78, 5) is 41.6. The van der Waals surface area contributed by atoms with Crippen molar-refractivity contribution in [2.45, 2.75) is 25.6 Å². The molecule has 0 unspecified atom stereocenters. The molecule has 0 bridgehead atoms. The number of nitrogens with one attached hydrogen (secondary N) is 1. The molecule has 2 aliphatic rings. The molecule has 1 aromatic carbocycles. The zero-order chi connectivity index (χ0) is 18.8. The number of likely N-dealkylation sites (N-methyl/N-ethyl adjacent to an activating group) is 1. The van der Waals surface area contributed by atoms with Crippen LogP contribution < -0.4 is 10.1 Å². The van der Waals surface area contributed by atoms with Crippen molar-refractivity contribution in [1.82, 2.24) is 20.0 Å². The lowest BCUT2D eigenvalue weighted by molar-refractivity contribution is -0.139. The molecule has 8 heteroatoms. The highest BCUT2D eigenvalue weighted by atomic mass is 16.5. The van der Waals surface area contributed by atoms with Crippen molar-refractivity contribution in [2.75, 3.05) is 33.8 Å². The van der Waals surface area contributed by atoms with Crippen LogP contribution >= 0.6 is 0 Å². The lowest BCUT2D eigenvalue weighted by atomic mass is 10.1. The first-order chi connectivity index (χ1) is 12.4. The van der Waals surface area contributed by atoms with E-state index in [2.05, 4.69) is 5.32 Å². The summed E-state index contributed by atoms with van der Waals surface area (Å²) in [5.41, 5.74) is 0.949. The first-order valence-corrected chi connectivity index (χ1v) is 8.62. The van der Waals surface area contributed by atoms with Gasteiger partial charge in [-0.2, -0.15) is 0 Å². The van der Waals surface area contributed by atoms with Gasteiger partial charge in [-0.15, -0.1) is 0 Å². The Morgan fingerprint density at radius 3 is 2.58 bits per heavy atom. The summed E-state index contributed by atoms with van der Waals surface area (Å²) in [6.07, 6.45) is 0. The molecular formula is C18H24N4O4. The van der Waals surface area contributed by atoms with Crippen LogP contribution in [0.25, 0.3) is 0 Å². The standard InChI is InChI=1S/C18H24N4O4/c1-12-17(24)20(2)9-14-10-21(18(25)22(12)14)11-16(23)19-8-13-4-6-15(26-3)7-5-13/h4-7,12,14H,8-11H2,1-3H3,(H,19,23)/t12-,14-/m0/s1. The number of rotatable bonds is 5. The van der Waals surface area contributed by atoms with Crippen molar-refractivity contribution in [3.8, 4) is 5.75 Å². The summed E-state index contributed by atoms with van der Waals surface area (Å²) >= 11 is 0. The third-order valence-electron chi connectivity index (χ3n) is 4.93. The van der Waals surface area contributed by atoms with Gasteiger partial charge in [-0.3, -0.25) is 9.59 Å². The van der Waals surface area contributed by atoms with E-state index in [1.807, 2.05) is 24.3 Å². The fourth-order valence-corrected chi connectivity index (χ4v) is 3.52. The molecule has 0 radical (unpaired) electrons. The molecule has 26 heavy (non-hydrogen) atoms. The minimum atomic E-state index is -0.487. The Morgan fingerprint density at radius 1 is 1.23 bits per heavy atom. The smallest absolute Gasteiger partial charge is 0.321 e. The second-order valence-electron chi connectivity index (χ2n) is 6.74. The lowest BCUT2D eigenvalue weighted by Gasteiger charge is -2.38. The molecule has 2 aliphatic heterocycles. The Kier molecular flexibility index (Phi) is 5.01. The molecule has 2 fully saturated rings. The lowest BCUT2D eigenvalue weighted by Crippen LogP contribution is -2.58. The molecule has 2 saturated heterocycles. The number of hydrogen-bond donors (Lipinski definition) is 1. The molecule has 4 amide bonds. The fraction of sp³-hybridized carbons (Fsp3) is 0.500. The van der Waals surface area contributed by atoms with Gasteiger partial charge >= 0.3 is 6.03 Å². The van der Waals surface area contributed by atoms with Gasteiger partial charge in [0.05, 0.1) is 13.2 Å². The fourth-order valence-electron chi connectivity index (χ4n) is 3.52. The molecule has 0 aliphatic carbocycles. The molecule has 2 atom stereocenters. The molecule has 1 N–H and O–H groups in total. The highest BCUT2D eigenvalue weighted by Gasteiger charge is 2.47. The first kappa shape index (κ1) is 18.0. The van der Waals surface area contributed by atoms with E-state index in [0.717, 1.165) is 11.3 Å². The molecule has 0 saturated carbocycles. The van der Waals surface area contributed by atoms with Crippen LogP contribution in [-0.4, -0.2) is 78.4 Å². The van der Waals surface area contributed by atoms with Gasteiger partial charge in [-0.25, -0.2) is 4.79 Å². The SMILES string of the molecule is COc1ccc(CNC(=O)CN2C[C@@H]3CN(C)C(=O)[C@H](C)N3C2=O)cc1. The zero-order valence-electron chi connectivity index (χ0n) is 15.3. The largest absolute Gasteiger partial charge is 0.497 e. The van der Waals surface area contributed by atoms with E-state index in [-0.39, 0.29) is 30.4 Å². The molecule has 1 aromatic rings. The Balaban J connectivity index is 1.54. The van der Waals surface area contributed by atoms with E-state index < -0.39 is 6.04 Å². The third-order valence-corrected chi connectivity index (χ3v) is 4.93. The quantitative estimate of drug-likeness (QED) is 0.818. The van der Waals surface area contributed by atoms with E-state index in [9.17, 15) is 14.4 Å². The van der Waals surface area contributed by atoms with Gasteiger partial charge in [-0.1, -0.05) is 12.1 Å². The van der Waals surface area contributed by atoms with Crippen molar-refractivity contribution < 1.29 is 19.1 Å². The number of urea groups is 1. The van der Waals surface area contributed by atoms with Crippen LogP contribution in [0.15, 0.2) is 24.3 Å². The topological polar surface area (TPSA) is 82.2 Å². The van der Waals surface area contributed by atoms with Gasteiger partial charge < -0.3 is 24.8 Å². The number of fused-ring (bicyclic) bond motifs is 1. The van der Waals surface area contributed by atoms with Crippen LogP contribution in [0.2, 0.25) is 0 Å². The maximum absolute atomic E-state index is 12.6. The molecule has 2 heterocycles. The predicted molar refractivity (Wildman–Crippen MR) is 94.5 cm³/mol. The van der Waals surface area contributed by atoms with E-state index in [1.165, 1.54) is 4.90 Å². The van der Waals surface area contributed by atoms with Gasteiger partial charge in [0.15, 0.2) is 0 Å². The van der Waals surface area contributed by atoms with Crippen LogP contribution in [0.1, 0.15) is 12.5 Å². The highest BCUT2D eigenvalue weighted by Crippen LogP contribution is 2.24. The van der Waals surface area contributed by atoms with Crippen molar-refractivity contribution in [3.63, 3.8) is 0 Å². The van der Waals surface area contributed by atoms with Crippen LogP contribution in [0.4, 0.5) is 4.79 Å². The summed E-state index contributed by atoms with van der Waals surface area (Å²) < 4.78 is 5.10. The third kappa shape index (κ3) is 3.44. The summed E-state index contributed by atoms with van der Waals surface area (Å²) in [5, 5.41) is 2.82. The average Bonchev–Trinajstić information content (AvgIpc) is 2.93. The van der Waals surface area contributed by atoms with Gasteiger partial charge in [0.1, 0.15) is 18.3 Å². The number of benzene rings is 1. The monoisotopic (exact) mass is 360 g/mol. The molecule has 140 valence electrons. The van der Waals surface area contributed by atoms with Crippen molar-refractivity contribution in [1.29, 1.82) is 0 Å². The number of nitrogens with zero attached hydrogens (tertiary/aromatic N) is 3. The van der Waals surface area contributed by atoms with Gasteiger partial charge in [0.25, 0.3) is 0 Å². The summed E-state index contributed by atoms with van der Waals surface area (Å²) in [6.45, 7) is 3.06. The molecule has 8 nitrogen and oxygen atoms in total. The van der Waals surface area contributed by atoms with Crippen molar-refractivity contribution in [3.05, 3.63) is 29.8 Å². The minimum Gasteiger partial charge on any atom is -0.497 e. The Hall–Kier alpha value is -2.77. The maximum Gasteiger partial charge on any atom is 0.321 e. The molecule has 0 aromatic heterocycles. The van der Waals surface area contributed by atoms with Crippen LogP contribution in [0.5, 0.6) is 5.75 Å². The summed E-state index contributed by atoms with van der Waals surface area (Å²) in [7, 11) is 3.34. The second kappa shape index (κ2) is 7.23.